The molecule has 0 unspecified atom stereocenters. The van der Waals surface area contributed by atoms with Crippen molar-refractivity contribution in [2.45, 2.75) is 58.8 Å². The normalized spacial score (nSPS) is 13.5. The van der Waals surface area contributed by atoms with E-state index in [0.717, 1.165) is 57.0 Å². The fourth-order valence-corrected chi connectivity index (χ4v) is 2.77. The molecule has 1 aliphatic rings. The minimum atomic E-state index is 0.760. The Balaban J connectivity index is 2.00. The Hall–Kier alpha value is -1.48. The molecule has 0 bridgehead atoms. The Morgan fingerprint density at radius 1 is 1.04 bits per heavy atom. The third kappa shape index (κ3) is 5.55. The summed E-state index contributed by atoms with van der Waals surface area (Å²) in [5.74, 6) is 2.09. The van der Waals surface area contributed by atoms with Crippen molar-refractivity contribution in [3.8, 4) is 5.75 Å². The predicted molar refractivity (Wildman–Crippen MR) is 99.4 cm³/mol. The second-order valence-electron chi connectivity index (χ2n) is 6.52. The van der Waals surface area contributed by atoms with Crippen LogP contribution in [0.5, 0.6) is 5.75 Å². The number of hydrogen-bond donors (Lipinski definition) is 0. The molecule has 24 heavy (non-hydrogen) atoms. The third-order valence-electron chi connectivity index (χ3n) is 4.46. The Labute approximate surface area is 147 Å². The molecule has 1 aliphatic carbocycles. The minimum Gasteiger partial charge on any atom is -0.493 e. The summed E-state index contributed by atoms with van der Waals surface area (Å²) < 4.78 is 17.1. The average Bonchev–Trinajstić information content (AvgIpc) is 2.53. The van der Waals surface area contributed by atoms with Crippen LogP contribution in [0.1, 0.15) is 63.0 Å². The molecule has 0 atom stereocenters. The lowest BCUT2D eigenvalue weighted by molar-refractivity contribution is 0.179. The van der Waals surface area contributed by atoms with Gasteiger partial charge in [0.25, 0.3) is 0 Å². The number of ether oxygens (including phenoxy) is 3. The first kappa shape index (κ1) is 18.9. The topological polar surface area (TPSA) is 27.7 Å². The molecule has 134 valence electrons. The third-order valence-corrected chi connectivity index (χ3v) is 4.46. The van der Waals surface area contributed by atoms with Crippen molar-refractivity contribution < 1.29 is 14.2 Å². The molecule has 3 heteroatoms. The molecule has 0 amide bonds. The van der Waals surface area contributed by atoms with Crippen LogP contribution in [0.3, 0.4) is 0 Å². The van der Waals surface area contributed by atoms with Crippen LogP contribution in [0.2, 0.25) is 0 Å². The van der Waals surface area contributed by atoms with Crippen LogP contribution in [0, 0.1) is 6.92 Å². The van der Waals surface area contributed by atoms with Crippen LogP contribution in [-0.4, -0.2) is 26.9 Å². The first-order chi connectivity index (χ1) is 11.8. The van der Waals surface area contributed by atoms with Crippen molar-refractivity contribution in [2.75, 3.05) is 26.9 Å². The fourth-order valence-electron chi connectivity index (χ4n) is 2.77. The van der Waals surface area contributed by atoms with Gasteiger partial charge in [0.05, 0.1) is 13.2 Å². The van der Waals surface area contributed by atoms with E-state index in [1.54, 1.807) is 7.11 Å². The second kappa shape index (κ2) is 10.4. The van der Waals surface area contributed by atoms with E-state index in [4.69, 9.17) is 14.2 Å². The maximum Gasteiger partial charge on any atom is 0.125 e. The summed E-state index contributed by atoms with van der Waals surface area (Å²) >= 11 is 0. The number of unbranched alkanes of at least 4 members (excludes halogenated alkanes) is 2. The molecule has 0 radical (unpaired) electrons. The highest BCUT2D eigenvalue weighted by Crippen LogP contribution is 2.35. The van der Waals surface area contributed by atoms with E-state index in [1.807, 2.05) is 0 Å². The molecule has 1 aromatic carbocycles. The maximum absolute atomic E-state index is 6.16. The first-order valence-corrected chi connectivity index (χ1v) is 9.33. The summed E-state index contributed by atoms with van der Waals surface area (Å²) in [6.45, 7) is 6.65. The van der Waals surface area contributed by atoms with Gasteiger partial charge in [0, 0.05) is 19.3 Å². The number of hydrogen-bond acceptors (Lipinski definition) is 3. The van der Waals surface area contributed by atoms with E-state index in [2.05, 4.69) is 32.0 Å². The molecule has 0 aliphatic heterocycles. The van der Waals surface area contributed by atoms with E-state index in [0.29, 0.717) is 0 Å². The maximum atomic E-state index is 6.16. The van der Waals surface area contributed by atoms with Crippen LogP contribution >= 0.6 is 0 Å². The van der Waals surface area contributed by atoms with Gasteiger partial charge in [-0.15, -0.1) is 0 Å². The molecular weight excluding hydrogens is 300 g/mol. The van der Waals surface area contributed by atoms with Crippen molar-refractivity contribution >= 4 is 5.76 Å². The van der Waals surface area contributed by atoms with Gasteiger partial charge in [-0.1, -0.05) is 13.3 Å². The molecule has 3 nitrogen and oxygen atoms in total. The largest absolute Gasteiger partial charge is 0.493 e. The van der Waals surface area contributed by atoms with E-state index in [9.17, 15) is 0 Å². The smallest absolute Gasteiger partial charge is 0.125 e. The molecule has 0 N–H and O–H groups in total. The SMILES string of the molecule is CCCCOc1ccc(C(OCCCCOC)=C2CCC2)cc1C. The van der Waals surface area contributed by atoms with Crippen LogP contribution < -0.4 is 4.74 Å². The Morgan fingerprint density at radius 2 is 1.83 bits per heavy atom. The Morgan fingerprint density at radius 3 is 2.46 bits per heavy atom. The lowest BCUT2D eigenvalue weighted by Crippen LogP contribution is -2.07. The van der Waals surface area contributed by atoms with E-state index < -0.39 is 0 Å². The molecule has 0 aromatic heterocycles. The number of aryl methyl sites for hydroxylation is 1. The standard InChI is InChI=1S/C21H32O3/c1-4-5-14-23-20-12-11-19(16-17(20)2)21(18-9-8-10-18)24-15-7-6-13-22-3/h11-12,16H,4-10,13-15H2,1-3H3. The van der Waals surface area contributed by atoms with Gasteiger partial charge in [0.1, 0.15) is 11.5 Å². The van der Waals surface area contributed by atoms with Gasteiger partial charge in [0.2, 0.25) is 0 Å². The molecular formula is C21H32O3. The highest BCUT2D eigenvalue weighted by molar-refractivity contribution is 5.66. The highest BCUT2D eigenvalue weighted by atomic mass is 16.5. The molecule has 1 aromatic rings. The second-order valence-corrected chi connectivity index (χ2v) is 6.52. The summed E-state index contributed by atoms with van der Waals surface area (Å²) in [6, 6.07) is 6.44. The zero-order valence-corrected chi connectivity index (χ0v) is 15.5. The van der Waals surface area contributed by atoms with Crippen molar-refractivity contribution in [2.24, 2.45) is 0 Å². The Kier molecular flexibility index (Phi) is 8.17. The highest BCUT2D eigenvalue weighted by Gasteiger charge is 2.18. The van der Waals surface area contributed by atoms with Crippen LogP contribution in [-0.2, 0) is 9.47 Å². The summed E-state index contributed by atoms with van der Waals surface area (Å²) in [7, 11) is 1.75. The van der Waals surface area contributed by atoms with Crippen LogP contribution in [0.4, 0.5) is 0 Å². The van der Waals surface area contributed by atoms with Crippen LogP contribution in [0.25, 0.3) is 5.76 Å². The fraction of sp³-hybridized carbons (Fsp3) is 0.619. The summed E-state index contributed by atoms with van der Waals surface area (Å²) in [5.41, 5.74) is 3.83. The van der Waals surface area contributed by atoms with E-state index >= 15 is 0 Å². The number of methoxy groups -OCH3 is 1. The lowest BCUT2D eigenvalue weighted by Gasteiger charge is -2.23. The zero-order valence-electron chi connectivity index (χ0n) is 15.5. The van der Waals surface area contributed by atoms with Crippen molar-refractivity contribution in [1.82, 2.24) is 0 Å². The Bertz CT molecular complexity index is 528. The van der Waals surface area contributed by atoms with Crippen molar-refractivity contribution in [3.63, 3.8) is 0 Å². The average molecular weight is 332 g/mol. The zero-order chi connectivity index (χ0) is 17.2. The minimum absolute atomic E-state index is 0.760. The molecule has 1 fully saturated rings. The van der Waals surface area contributed by atoms with Gasteiger partial charge >= 0.3 is 0 Å². The summed E-state index contributed by atoms with van der Waals surface area (Å²) in [5, 5.41) is 0. The van der Waals surface area contributed by atoms with Crippen molar-refractivity contribution in [3.05, 3.63) is 34.9 Å². The molecule has 1 saturated carbocycles. The van der Waals surface area contributed by atoms with Gasteiger partial charge in [-0.2, -0.15) is 0 Å². The van der Waals surface area contributed by atoms with Gasteiger partial charge < -0.3 is 14.2 Å². The van der Waals surface area contributed by atoms with Gasteiger partial charge in [0.15, 0.2) is 0 Å². The van der Waals surface area contributed by atoms with Gasteiger partial charge in [-0.25, -0.2) is 0 Å². The molecule has 2 rings (SSSR count). The monoisotopic (exact) mass is 332 g/mol. The quantitative estimate of drug-likeness (QED) is 0.395. The summed E-state index contributed by atoms with van der Waals surface area (Å²) in [4.78, 5) is 0. The molecule has 0 spiro atoms. The first-order valence-electron chi connectivity index (χ1n) is 9.33. The number of rotatable bonds is 11. The predicted octanol–water partition coefficient (Wildman–Crippen LogP) is 5.51. The summed E-state index contributed by atoms with van der Waals surface area (Å²) in [6.07, 6.45) is 7.95. The van der Waals surface area contributed by atoms with E-state index in [1.165, 1.54) is 36.0 Å². The van der Waals surface area contributed by atoms with Crippen molar-refractivity contribution in [1.29, 1.82) is 0 Å². The lowest BCUT2D eigenvalue weighted by atomic mass is 9.89. The molecule has 0 saturated heterocycles. The number of benzene rings is 1. The van der Waals surface area contributed by atoms with E-state index in [-0.39, 0.29) is 0 Å². The molecule has 0 heterocycles. The van der Waals surface area contributed by atoms with Gasteiger partial charge in [-0.3, -0.25) is 0 Å². The van der Waals surface area contributed by atoms with Crippen LogP contribution in [0.15, 0.2) is 23.8 Å². The number of allylic oxidation sites excluding steroid dienone is 1. The van der Waals surface area contributed by atoms with Gasteiger partial charge in [-0.05, 0) is 74.8 Å².